The Bertz CT molecular complexity index is 328. The first-order valence-electron chi connectivity index (χ1n) is 5.55. The molecular weight excluding hydrogens is 238 g/mol. The van der Waals surface area contributed by atoms with Crippen molar-refractivity contribution in [2.45, 2.75) is 57.1 Å². The van der Waals surface area contributed by atoms with Crippen molar-refractivity contribution >= 4 is 23.1 Å². The molecule has 92 valence electrons. The second-order valence-corrected chi connectivity index (χ2v) is 7.37. The van der Waals surface area contributed by atoms with Crippen molar-refractivity contribution in [2.24, 2.45) is 0 Å². The molecule has 1 aromatic rings. The van der Waals surface area contributed by atoms with Crippen LogP contribution in [0.5, 0.6) is 0 Å². The van der Waals surface area contributed by atoms with Gasteiger partial charge in [0.1, 0.15) is 0 Å². The molecule has 0 saturated heterocycles. The summed E-state index contributed by atoms with van der Waals surface area (Å²) in [5.74, 6) is 0.888. The van der Waals surface area contributed by atoms with Crippen molar-refractivity contribution in [3.05, 3.63) is 16.1 Å². The van der Waals surface area contributed by atoms with Gasteiger partial charge >= 0.3 is 0 Å². The topological polar surface area (TPSA) is 33.1 Å². The van der Waals surface area contributed by atoms with E-state index in [1.807, 2.05) is 13.8 Å². The van der Waals surface area contributed by atoms with E-state index in [-0.39, 0.29) is 16.8 Å². The van der Waals surface area contributed by atoms with Gasteiger partial charge in [0.25, 0.3) is 0 Å². The van der Waals surface area contributed by atoms with Gasteiger partial charge in [0, 0.05) is 21.8 Å². The standard InChI is InChI=1S/C12H21NOS2/c1-8(14)9(2)15-6-10-7-16-11(13-10)12(3,4)5/h7-9,14H,6H2,1-5H3. The number of rotatable bonds is 4. The average Bonchev–Trinajstić information content (AvgIpc) is 2.61. The summed E-state index contributed by atoms with van der Waals surface area (Å²) in [5, 5.41) is 13.0. The van der Waals surface area contributed by atoms with Crippen molar-refractivity contribution in [1.29, 1.82) is 0 Å². The van der Waals surface area contributed by atoms with Gasteiger partial charge in [-0.15, -0.1) is 23.1 Å². The number of hydrogen-bond acceptors (Lipinski definition) is 4. The lowest BCUT2D eigenvalue weighted by Crippen LogP contribution is -2.15. The molecule has 1 N–H and O–H groups in total. The Kier molecular flexibility index (Phi) is 4.83. The number of aliphatic hydroxyl groups is 1. The molecule has 0 aliphatic rings. The van der Waals surface area contributed by atoms with Crippen LogP contribution in [0.15, 0.2) is 5.38 Å². The van der Waals surface area contributed by atoms with E-state index in [0.717, 1.165) is 11.4 Å². The van der Waals surface area contributed by atoms with Crippen molar-refractivity contribution < 1.29 is 5.11 Å². The zero-order chi connectivity index (χ0) is 12.3. The number of aromatic nitrogens is 1. The summed E-state index contributed by atoms with van der Waals surface area (Å²) in [5.41, 5.74) is 1.27. The maximum Gasteiger partial charge on any atom is 0.0982 e. The average molecular weight is 259 g/mol. The van der Waals surface area contributed by atoms with Gasteiger partial charge in [0.2, 0.25) is 0 Å². The molecule has 1 rings (SSSR count). The molecule has 1 aromatic heterocycles. The predicted octanol–water partition coefficient (Wildman–Crippen LogP) is 3.44. The number of thiazole rings is 1. The number of hydrogen-bond donors (Lipinski definition) is 1. The van der Waals surface area contributed by atoms with Gasteiger partial charge in [0.15, 0.2) is 0 Å². The fourth-order valence-corrected chi connectivity index (χ4v) is 2.95. The maximum absolute atomic E-state index is 9.39. The molecule has 0 aliphatic heterocycles. The van der Waals surface area contributed by atoms with Gasteiger partial charge in [-0.2, -0.15) is 0 Å². The fraction of sp³-hybridized carbons (Fsp3) is 0.750. The molecule has 0 saturated carbocycles. The monoisotopic (exact) mass is 259 g/mol. The zero-order valence-electron chi connectivity index (χ0n) is 10.7. The predicted molar refractivity (Wildman–Crippen MR) is 73.3 cm³/mol. The first-order chi connectivity index (χ1) is 7.30. The van der Waals surface area contributed by atoms with Crippen LogP contribution in [0.3, 0.4) is 0 Å². The summed E-state index contributed by atoms with van der Waals surface area (Å²) in [7, 11) is 0. The third-order valence-electron chi connectivity index (χ3n) is 2.37. The summed E-state index contributed by atoms with van der Waals surface area (Å²) in [6.07, 6.45) is -0.259. The van der Waals surface area contributed by atoms with Crippen LogP contribution in [0, 0.1) is 0 Å². The normalized spacial score (nSPS) is 16.1. The van der Waals surface area contributed by atoms with Crippen LogP contribution in [0.4, 0.5) is 0 Å². The lowest BCUT2D eigenvalue weighted by molar-refractivity contribution is 0.196. The quantitative estimate of drug-likeness (QED) is 0.899. The summed E-state index contributed by atoms with van der Waals surface area (Å²) < 4.78 is 0. The van der Waals surface area contributed by atoms with Gasteiger partial charge in [-0.25, -0.2) is 4.98 Å². The van der Waals surface area contributed by atoms with Crippen molar-refractivity contribution in [3.8, 4) is 0 Å². The van der Waals surface area contributed by atoms with Crippen LogP contribution in [0.25, 0.3) is 0 Å². The molecule has 2 unspecified atom stereocenters. The first-order valence-corrected chi connectivity index (χ1v) is 7.48. The Labute approximate surface area is 106 Å². The first kappa shape index (κ1) is 14.0. The molecule has 1 heterocycles. The molecule has 2 atom stereocenters. The van der Waals surface area contributed by atoms with Gasteiger partial charge in [-0.3, -0.25) is 0 Å². The zero-order valence-corrected chi connectivity index (χ0v) is 12.3. The fourth-order valence-electron chi connectivity index (χ4n) is 1.07. The molecule has 0 fully saturated rings. The van der Waals surface area contributed by atoms with Crippen molar-refractivity contribution in [2.75, 3.05) is 0 Å². The largest absolute Gasteiger partial charge is 0.392 e. The van der Waals surface area contributed by atoms with E-state index in [9.17, 15) is 5.11 Å². The van der Waals surface area contributed by atoms with E-state index in [1.165, 1.54) is 5.01 Å². The second-order valence-electron chi connectivity index (χ2n) is 5.15. The molecule has 0 amide bonds. The highest BCUT2D eigenvalue weighted by atomic mass is 32.2. The summed E-state index contributed by atoms with van der Waals surface area (Å²) in [6.45, 7) is 10.4. The van der Waals surface area contributed by atoms with Crippen molar-refractivity contribution in [1.82, 2.24) is 4.98 Å². The van der Waals surface area contributed by atoms with E-state index >= 15 is 0 Å². The van der Waals surface area contributed by atoms with Crippen molar-refractivity contribution in [3.63, 3.8) is 0 Å². The molecule has 0 aliphatic carbocycles. The van der Waals surface area contributed by atoms with Gasteiger partial charge in [-0.05, 0) is 6.92 Å². The lowest BCUT2D eigenvalue weighted by Gasteiger charge is -2.14. The minimum absolute atomic E-state index is 0.142. The molecule has 0 aromatic carbocycles. The molecular formula is C12H21NOS2. The Morgan fingerprint density at radius 3 is 2.50 bits per heavy atom. The summed E-state index contributed by atoms with van der Waals surface area (Å²) in [6, 6.07) is 0. The Morgan fingerprint density at radius 2 is 2.06 bits per heavy atom. The van der Waals surface area contributed by atoms with Crippen LogP contribution in [-0.2, 0) is 11.2 Å². The molecule has 0 bridgehead atoms. The molecule has 0 radical (unpaired) electrons. The number of thioether (sulfide) groups is 1. The molecule has 16 heavy (non-hydrogen) atoms. The SMILES string of the molecule is CC(O)C(C)SCc1csc(C(C)(C)C)n1. The second kappa shape index (κ2) is 5.52. The minimum Gasteiger partial charge on any atom is -0.392 e. The lowest BCUT2D eigenvalue weighted by atomic mass is 9.98. The Hall–Kier alpha value is -0.0600. The van der Waals surface area contributed by atoms with E-state index in [2.05, 4.69) is 31.1 Å². The van der Waals surface area contributed by atoms with Gasteiger partial charge in [0.05, 0.1) is 16.8 Å². The Balaban J connectivity index is 2.53. The molecule has 4 heteroatoms. The van der Waals surface area contributed by atoms with E-state index in [4.69, 9.17) is 0 Å². The highest BCUT2D eigenvalue weighted by molar-refractivity contribution is 7.99. The van der Waals surface area contributed by atoms with Crippen LogP contribution in [-0.4, -0.2) is 21.4 Å². The highest BCUT2D eigenvalue weighted by Crippen LogP contribution is 2.28. The van der Waals surface area contributed by atoms with Gasteiger partial charge in [-0.1, -0.05) is 27.7 Å². The molecule has 0 spiro atoms. The van der Waals surface area contributed by atoms with E-state index in [1.54, 1.807) is 23.1 Å². The van der Waals surface area contributed by atoms with Gasteiger partial charge < -0.3 is 5.11 Å². The van der Waals surface area contributed by atoms with Crippen LogP contribution < -0.4 is 0 Å². The highest BCUT2D eigenvalue weighted by Gasteiger charge is 2.18. The van der Waals surface area contributed by atoms with E-state index in [0.29, 0.717) is 0 Å². The van der Waals surface area contributed by atoms with E-state index < -0.39 is 0 Å². The third-order valence-corrected chi connectivity index (χ3v) is 5.07. The number of nitrogens with zero attached hydrogens (tertiary/aromatic N) is 1. The minimum atomic E-state index is -0.259. The maximum atomic E-state index is 9.39. The molecule has 2 nitrogen and oxygen atoms in total. The third kappa shape index (κ3) is 4.07. The number of aliphatic hydroxyl groups excluding tert-OH is 1. The van der Waals surface area contributed by atoms with Crippen LogP contribution in [0.1, 0.15) is 45.3 Å². The summed E-state index contributed by atoms with van der Waals surface area (Å²) in [4.78, 5) is 4.63. The van der Waals surface area contributed by atoms with Crippen LogP contribution in [0.2, 0.25) is 0 Å². The summed E-state index contributed by atoms with van der Waals surface area (Å²) >= 11 is 3.49. The smallest absolute Gasteiger partial charge is 0.0982 e. The Morgan fingerprint density at radius 1 is 1.44 bits per heavy atom. The van der Waals surface area contributed by atoms with Crippen LogP contribution >= 0.6 is 23.1 Å².